The van der Waals surface area contributed by atoms with Gasteiger partial charge in [0.2, 0.25) is 0 Å². The molecule has 1 heterocycles. The molecule has 33 heavy (non-hydrogen) atoms. The van der Waals surface area contributed by atoms with Crippen LogP contribution in [0.15, 0.2) is 80.7 Å². The van der Waals surface area contributed by atoms with Gasteiger partial charge >= 0.3 is 5.91 Å². The molecular formula is C25H20BrClN2O4. The SMILES string of the molecule is CCOc1ccc2oc(C(=O)N/N=C/c3cc(Cl)c(OCc4ccccc4)c(Br)c3)cc2c1. The normalized spacial score (nSPS) is 11.1. The van der Waals surface area contributed by atoms with Gasteiger partial charge in [-0.1, -0.05) is 41.9 Å². The van der Waals surface area contributed by atoms with Crippen LogP contribution in [0.25, 0.3) is 11.0 Å². The van der Waals surface area contributed by atoms with Gasteiger partial charge in [0, 0.05) is 5.39 Å². The Balaban J connectivity index is 1.40. The second kappa shape index (κ2) is 10.6. The summed E-state index contributed by atoms with van der Waals surface area (Å²) in [6.07, 6.45) is 1.49. The van der Waals surface area contributed by atoms with Gasteiger partial charge in [0.25, 0.3) is 0 Å². The van der Waals surface area contributed by atoms with Crippen molar-refractivity contribution in [1.29, 1.82) is 0 Å². The largest absolute Gasteiger partial charge is 0.494 e. The molecule has 3 aromatic carbocycles. The molecule has 0 atom stereocenters. The molecule has 6 nitrogen and oxygen atoms in total. The van der Waals surface area contributed by atoms with E-state index < -0.39 is 5.91 Å². The lowest BCUT2D eigenvalue weighted by Crippen LogP contribution is -2.16. The molecule has 168 valence electrons. The molecule has 4 rings (SSSR count). The van der Waals surface area contributed by atoms with Crippen molar-refractivity contribution in [1.82, 2.24) is 5.43 Å². The van der Waals surface area contributed by atoms with Crippen LogP contribution in [0.4, 0.5) is 0 Å². The van der Waals surface area contributed by atoms with Crippen molar-refractivity contribution in [2.75, 3.05) is 6.61 Å². The number of benzene rings is 3. The standard InChI is InChI=1S/C25H20BrClN2O4/c1-2-31-19-8-9-22-18(12-19)13-23(33-22)25(30)29-28-14-17-10-20(26)24(21(27)11-17)32-15-16-6-4-3-5-7-16/h3-14H,2,15H2,1H3,(H,29,30)/b28-14+. The molecule has 0 aliphatic heterocycles. The third kappa shape index (κ3) is 5.74. The fraction of sp³-hybridized carbons (Fsp3) is 0.120. The summed E-state index contributed by atoms with van der Waals surface area (Å²) in [4.78, 5) is 12.4. The minimum atomic E-state index is -0.464. The minimum absolute atomic E-state index is 0.152. The molecule has 0 saturated carbocycles. The number of hydrogen-bond acceptors (Lipinski definition) is 5. The number of halogens is 2. The Kier molecular flexibility index (Phi) is 7.32. The molecule has 0 saturated heterocycles. The highest BCUT2D eigenvalue weighted by molar-refractivity contribution is 9.10. The summed E-state index contributed by atoms with van der Waals surface area (Å²) < 4.78 is 17.6. The molecule has 1 aromatic heterocycles. The molecule has 0 spiro atoms. The first-order valence-electron chi connectivity index (χ1n) is 10.2. The summed E-state index contributed by atoms with van der Waals surface area (Å²) in [7, 11) is 0. The van der Waals surface area contributed by atoms with Gasteiger partial charge in [-0.05, 0) is 70.4 Å². The molecule has 0 bridgehead atoms. The van der Waals surface area contributed by atoms with Crippen molar-refractivity contribution in [3.8, 4) is 11.5 Å². The van der Waals surface area contributed by atoms with Crippen LogP contribution >= 0.6 is 27.5 Å². The van der Waals surface area contributed by atoms with Crippen molar-refractivity contribution in [2.24, 2.45) is 5.10 Å². The van der Waals surface area contributed by atoms with E-state index in [-0.39, 0.29) is 5.76 Å². The van der Waals surface area contributed by atoms with Crippen molar-refractivity contribution in [3.05, 3.63) is 93.1 Å². The number of fused-ring (bicyclic) bond motifs is 1. The summed E-state index contributed by atoms with van der Waals surface area (Å²) in [6, 6.07) is 20.3. The molecule has 0 radical (unpaired) electrons. The van der Waals surface area contributed by atoms with Crippen LogP contribution in [0.5, 0.6) is 11.5 Å². The smallest absolute Gasteiger partial charge is 0.307 e. The molecular weight excluding hydrogens is 508 g/mol. The van der Waals surface area contributed by atoms with E-state index in [0.717, 1.165) is 16.7 Å². The Hall–Kier alpha value is -3.29. The number of carbonyl (C=O) groups excluding carboxylic acids is 1. The van der Waals surface area contributed by atoms with Gasteiger partial charge in [-0.3, -0.25) is 4.79 Å². The molecule has 1 N–H and O–H groups in total. The van der Waals surface area contributed by atoms with Crippen molar-refractivity contribution < 1.29 is 18.7 Å². The van der Waals surface area contributed by atoms with Gasteiger partial charge in [-0.2, -0.15) is 5.10 Å². The lowest BCUT2D eigenvalue weighted by molar-refractivity contribution is 0.0929. The number of hydrazone groups is 1. The number of amides is 1. The second-order valence-electron chi connectivity index (χ2n) is 7.03. The van der Waals surface area contributed by atoms with Crippen LogP contribution in [0.2, 0.25) is 5.02 Å². The lowest BCUT2D eigenvalue weighted by Gasteiger charge is -2.11. The highest BCUT2D eigenvalue weighted by atomic mass is 79.9. The summed E-state index contributed by atoms with van der Waals surface area (Å²) in [5.41, 5.74) is 4.78. The minimum Gasteiger partial charge on any atom is -0.494 e. The predicted molar refractivity (Wildman–Crippen MR) is 132 cm³/mol. The van der Waals surface area contributed by atoms with Crippen LogP contribution in [0, 0.1) is 0 Å². The van der Waals surface area contributed by atoms with Crippen molar-refractivity contribution in [3.63, 3.8) is 0 Å². The molecule has 0 unspecified atom stereocenters. The Morgan fingerprint density at radius 1 is 1.12 bits per heavy atom. The van der Waals surface area contributed by atoms with E-state index >= 15 is 0 Å². The first-order valence-corrected chi connectivity index (χ1v) is 11.4. The summed E-state index contributed by atoms with van der Waals surface area (Å²) in [6.45, 7) is 2.87. The number of ether oxygens (including phenoxy) is 2. The highest BCUT2D eigenvalue weighted by Crippen LogP contribution is 2.34. The molecule has 0 aliphatic rings. The fourth-order valence-electron chi connectivity index (χ4n) is 3.13. The average molecular weight is 528 g/mol. The van der Waals surface area contributed by atoms with Crippen LogP contribution < -0.4 is 14.9 Å². The van der Waals surface area contributed by atoms with E-state index in [1.165, 1.54) is 6.21 Å². The predicted octanol–water partition coefficient (Wildman–Crippen LogP) is 6.59. The van der Waals surface area contributed by atoms with E-state index in [1.54, 1.807) is 30.3 Å². The van der Waals surface area contributed by atoms with E-state index in [0.29, 0.717) is 39.6 Å². The molecule has 4 aromatic rings. The maximum absolute atomic E-state index is 12.4. The van der Waals surface area contributed by atoms with Gasteiger partial charge < -0.3 is 13.9 Å². The molecule has 8 heteroatoms. The van der Waals surface area contributed by atoms with E-state index in [9.17, 15) is 4.79 Å². The Labute approximate surface area is 204 Å². The summed E-state index contributed by atoms with van der Waals surface area (Å²) >= 11 is 9.87. The first kappa shape index (κ1) is 22.9. The van der Waals surface area contributed by atoms with Crippen molar-refractivity contribution in [2.45, 2.75) is 13.5 Å². The maximum atomic E-state index is 12.4. The van der Waals surface area contributed by atoms with Gasteiger partial charge in [-0.25, -0.2) is 5.43 Å². The zero-order valence-electron chi connectivity index (χ0n) is 17.7. The number of nitrogens with one attached hydrogen (secondary N) is 1. The van der Waals surface area contributed by atoms with Gasteiger partial charge in [0.1, 0.15) is 17.9 Å². The number of furan rings is 1. The van der Waals surface area contributed by atoms with Gasteiger partial charge in [0.15, 0.2) is 11.5 Å². The van der Waals surface area contributed by atoms with Gasteiger partial charge in [-0.15, -0.1) is 0 Å². The Bertz CT molecular complexity index is 1280. The van der Waals surface area contributed by atoms with Crippen LogP contribution in [-0.4, -0.2) is 18.7 Å². The number of rotatable bonds is 8. The lowest BCUT2D eigenvalue weighted by atomic mass is 10.2. The molecule has 1 amide bonds. The Morgan fingerprint density at radius 2 is 1.94 bits per heavy atom. The monoisotopic (exact) mass is 526 g/mol. The fourth-order valence-corrected chi connectivity index (χ4v) is 4.12. The van der Waals surface area contributed by atoms with Gasteiger partial charge in [0.05, 0.1) is 22.3 Å². The van der Waals surface area contributed by atoms with E-state index in [4.69, 9.17) is 25.5 Å². The quantitative estimate of drug-likeness (QED) is 0.207. The molecule has 0 aliphatic carbocycles. The van der Waals surface area contributed by atoms with Crippen molar-refractivity contribution >= 4 is 50.6 Å². The average Bonchev–Trinajstić information content (AvgIpc) is 3.23. The molecule has 0 fully saturated rings. The number of hydrogen-bond donors (Lipinski definition) is 1. The topological polar surface area (TPSA) is 73.1 Å². The third-order valence-corrected chi connectivity index (χ3v) is 5.52. The van der Waals surface area contributed by atoms with Crippen LogP contribution in [-0.2, 0) is 6.61 Å². The van der Waals surface area contributed by atoms with Crippen LogP contribution in [0.1, 0.15) is 28.6 Å². The third-order valence-electron chi connectivity index (χ3n) is 4.65. The zero-order valence-corrected chi connectivity index (χ0v) is 20.0. The number of carbonyl (C=O) groups is 1. The maximum Gasteiger partial charge on any atom is 0.307 e. The van der Waals surface area contributed by atoms with E-state index in [1.807, 2.05) is 43.3 Å². The summed E-state index contributed by atoms with van der Waals surface area (Å²) in [5.74, 6) is 0.942. The Morgan fingerprint density at radius 3 is 2.70 bits per heavy atom. The zero-order chi connectivity index (χ0) is 23.2. The van der Waals surface area contributed by atoms with E-state index in [2.05, 4.69) is 26.5 Å². The first-order chi connectivity index (χ1) is 16.0. The number of nitrogens with zero attached hydrogens (tertiary/aromatic N) is 1. The summed E-state index contributed by atoms with van der Waals surface area (Å²) in [5, 5.41) is 5.21. The second-order valence-corrected chi connectivity index (χ2v) is 8.29. The van der Waals surface area contributed by atoms with Crippen LogP contribution in [0.3, 0.4) is 0 Å². The highest BCUT2D eigenvalue weighted by Gasteiger charge is 2.13.